The summed E-state index contributed by atoms with van der Waals surface area (Å²) in [5, 5.41) is 7.43. The number of nitrogens with one attached hydrogen (secondary N) is 2. The van der Waals surface area contributed by atoms with E-state index in [2.05, 4.69) is 10.6 Å². The van der Waals surface area contributed by atoms with Gasteiger partial charge in [0.15, 0.2) is 0 Å². The first-order valence-electron chi connectivity index (χ1n) is 5.51. The van der Waals surface area contributed by atoms with Gasteiger partial charge in [-0.15, -0.1) is 11.3 Å². The van der Waals surface area contributed by atoms with Crippen molar-refractivity contribution in [3.8, 4) is 0 Å². The van der Waals surface area contributed by atoms with Crippen LogP contribution in [-0.4, -0.2) is 6.03 Å². The van der Waals surface area contributed by atoms with Gasteiger partial charge < -0.3 is 10.6 Å². The zero-order valence-electron chi connectivity index (χ0n) is 9.81. The maximum absolute atomic E-state index is 12.7. The van der Waals surface area contributed by atoms with Gasteiger partial charge in [0.1, 0.15) is 5.82 Å². The van der Waals surface area contributed by atoms with Crippen molar-refractivity contribution < 1.29 is 9.18 Å². The van der Waals surface area contributed by atoms with Crippen molar-refractivity contribution >= 4 is 23.1 Å². The maximum atomic E-state index is 12.7. The molecule has 0 aliphatic rings. The molecule has 0 saturated carbocycles. The molecule has 0 radical (unpaired) electrons. The van der Waals surface area contributed by atoms with E-state index in [4.69, 9.17) is 0 Å². The van der Waals surface area contributed by atoms with Crippen molar-refractivity contribution in [2.24, 2.45) is 0 Å². The average molecular weight is 264 g/mol. The largest absolute Gasteiger partial charge is 0.331 e. The molecule has 0 saturated heterocycles. The number of carbonyl (C=O) groups excluding carboxylic acids is 1. The molecular weight excluding hydrogens is 251 g/mol. The highest BCUT2D eigenvalue weighted by Gasteiger charge is 2.10. The number of thiophene rings is 1. The number of urea groups is 1. The Morgan fingerprint density at radius 2 is 2.00 bits per heavy atom. The Morgan fingerprint density at radius 1 is 1.28 bits per heavy atom. The molecule has 5 heteroatoms. The molecule has 2 N–H and O–H groups in total. The average Bonchev–Trinajstić information content (AvgIpc) is 2.85. The molecule has 94 valence electrons. The predicted molar refractivity (Wildman–Crippen MR) is 71.3 cm³/mol. The number of amides is 2. The topological polar surface area (TPSA) is 41.1 Å². The van der Waals surface area contributed by atoms with E-state index in [0.29, 0.717) is 5.69 Å². The minimum atomic E-state index is -0.326. The summed E-state index contributed by atoms with van der Waals surface area (Å²) in [4.78, 5) is 12.8. The summed E-state index contributed by atoms with van der Waals surface area (Å²) in [6.45, 7) is 1.91. The summed E-state index contributed by atoms with van der Waals surface area (Å²) in [7, 11) is 0. The second kappa shape index (κ2) is 5.64. The van der Waals surface area contributed by atoms with E-state index in [1.165, 1.54) is 24.3 Å². The molecule has 1 aromatic heterocycles. The summed E-state index contributed by atoms with van der Waals surface area (Å²) in [6.07, 6.45) is 0. The third kappa shape index (κ3) is 3.30. The van der Waals surface area contributed by atoms with Crippen LogP contribution >= 0.6 is 11.3 Å². The van der Waals surface area contributed by atoms with Gasteiger partial charge in [0, 0.05) is 10.6 Å². The monoisotopic (exact) mass is 264 g/mol. The van der Waals surface area contributed by atoms with Crippen molar-refractivity contribution in [1.29, 1.82) is 0 Å². The summed E-state index contributed by atoms with van der Waals surface area (Å²) in [6, 6.07) is 9.20. The first-order chi connectivity index (χ1) is 8.65. The summed E-state index contributed by atoms with van der Waals surface area (Å²) in [5.74, 6) is -0.326. The van der Waals surface area contributed by atoms with Crippen LogP contribution in [0.5, 0.6) is 0 Å². The molecule has 0 aliphatic carbocycles. The zero-order chi connectivity index (χ0) is 13.0. The van der Waals surface area contributed by atoms with Crippen LogP contribution in [0.4, 0.5) is 14.9 Å². The molecule has 0 bridgehead atoms. The fourth-order valence-corrected chi connectivity index (χ4v) is 2.24. The van der Waals surface area contributed by atoms with Gasteiger partial charge in [-0.3, -0.25) is 0 Å². The van der Waals surface area contributed by atoms with Crippen molar-refractivity contribution in [1.82, 2.24) is 5.32 Å². The van der Waals surface area contributed by atoms with Crippen LogP contribution in [0.1, 0.15) is 17.8 Å². The van der Waals surface area contributed by atoms with Crippen LogP contribution in [0, 0.1) is 5.82 Å². The van der Waals surface area contributed by atoms with E-state index in [9.17, 15) is 9.18 Å². The molecule has 0 spiro atoms. The Hall–Kier alpha value is -1.88. The second-order valence-electron chi connectivity index (χ2n) is 3.84. The van der Waals surface area contributed by atoms with E-state index in [1.54, 1.807) is 11.3 Å². The van der Waals surface area contributed by atoms with Gasteiger partial charge in [0.05, 0.1) is 6.04 Å². The normalized spacial score (nSPS) is 11.9. The Balaban J connectivity index is 1.91. The van der Waals surface area contributed by atoms with Crippen molar-refractivity contribution in [2.45, 2.75) is 13.0 Å². The fourth-order valence-electron chi connectivity index (χ4n) is 1.51. The van der Waals surface area contributed by atoms with Crippen molar-refractivity contribution in [3.63, 3.8) is 0 Å². The molecule has 1 heterocycles. The van der Waals surface area contributed by atoms with Gasteiger partial charge >= 0.3 is 6.03 Å². The Morgan fingerprint density at radius 3 is 2.61 bits per heavy atom. The lowest BCUT2D eigenvalue weighted by molar-refractivity contribution is 0.249. The molecule has 18 heavy (non-hydrogen) atoms. The standard InChI is InChI=1S/C13H13FN2OS/c1-9(12-3-2-8-18-12)15-13(17)16-11-6-4-10(14)5-7-11/h2-9H,1H3,(H2,15,16,17)/t9-/m0/s1. The summed E-state index contributed by atoms with van der Waals surface area (Å²) in [5.41, 5.74) is 0.562. The van der Waals surface area contributed by atoms with Gasteiger partial charge in [0.25, 0.3) is 0 Å². The van der Waals surface area contributed by atoms with E-state index in [1.807, 2.05) is 24.4 Å². The molecule has 1 atom stereocenters. The zero-order valence-corrected chi connectivity index (χ0v) is 10.6. The minimum absolute atomic E-state index is 0.0505. The van der Waals surface area contributed by atoms with Crippen LogP contribution in [0.2, 0.25) is 0 Å². The lowest BCUT2D eigenvalue weighted by Gasteiger charge is -2.13. The number of halogens is 1. The Bertz CT molecular complexity index is 510. The number of benzene rings is 1. The lowest BCUT2D eigenvalue weighted by Crippen LogP contribution is -2.30. The molecule has 2 aromatic rings. The third-order valence-electron chi connectivity index (χ3n) is 2.42. The molecule has 0 unspecified atom stereocenters. The molecule has 0 fully saturated rings. The molecule has 2 rings (SSSR count). The number of rotatable bonds is 3. The number of carbonyl (C=O) groups is 1. The van der Waals surface area contributed by atoms with Crippen molar-refractivity contribution in [2.75, 3.05) is 5.32 Å². The Labute approximate surface area is 109 Å². The number of hydrogen-bond acceptors (Lipinski definition) is 2. The van der Waals surface area contributed by atoms with Crippen LogP contribution < -0.4 is 10.6 Å². The smallest absolute Gasteiger partial charge is 0.319 e. The summed E-state index contributed by atoms with van der Waals surface area (Å²) >= 11 is 1.59. The van der Waals surface area contributed by atoms with Crippen LogP contribution in [0.3, 0.4) is 0 Å². The van der Waals surface area contributed by atoms with Gasteiger partial charge in [-0.25, -0.2) is 9.18 Å². The highest BCUT2D eigenvalue weighted by molar-refractivity contribution is 7.10. The van der Waals surface area contributed by atoms with Gasteiger partial charge in [-0.05, 0) is 42.6 Å². The van der Waals surface area contributed by atoms with Gasteiger partial charge in [-0.1, -0.05) is 6.07 Å². The minimum Gasteiger partial charge on any atom is -0.331 e. The second-order valence-corrected chi connectivity index (χ2v) is 4.82. The molecule has 3 nitrogen and oxygen atoms in total. The predicted octanol–water partition coefficient (Wildman–Crippen LogP) is 3.77. The van der Waals surface area contributed by atoms with Crippen LogP contribution in [-0.2, 0) is 0 Å². The molecular formula is C13H13FN2OS. The Kier molecular flexibility index (Phi) is 3.94. The first kappa shape index (κ1) is 12.6. The van der Waals surface area contributed by atoms with Gasteiger partial charge in [0.2, 0.25) is 0 Å². The van der Waals surface area contributed by atoms with Crippen LogP contribution in [0.25, 0.3) is 0 Å². The SMILES string of the molecule is C[C@H](NC(=O)Nc1ccc(F)cc1)c1cccs1. The molecule has 1 aromatic carbocycles. The highest BCUT2D eigenvalue weighted by Crippen LogP contribution is 2.18. The highest BCUT2D eigenvalue weighted by atomic mass is 32.1. The quantitative estimate of drug-likeness (QED) is 0.870. The third-order valence-corrected chi connectivity index (χ3v) is 3.47. The lowest BCUT2D eigenvalue weighted by atomic mass is 10.3. The van der Waals surface area contributed by atoms with E-state index < -0.39 is 0 Å². The molecule has 2 amide bonds. The van der Waals surface area contributed by atoms with Crippen molar-refractivity contribution in [3.05, 3.63) is 52.5 Å². The number of hydrogen-bond donors (Lipinski definition) is 2. The maximum Gasteiger partial charge on any atom is 0.319 e. The van der Waals surface area contributed by atoms with E-state index in [0.717, 1.165) is 4.88 Å². The fraction of sp³-hybridized carbons (Fsp3) is 0.154. The molecule has 0 aliphatic heterocycles. The van der Waals surface area contributed by atoms with E-state index >= 15 is 0 Å². The van der Waals surface area contributed by atoms with E-state index in [-0.39, 0.29) is 17.9 Å². The summed E-state index contributed by atoms with van der Waals surface area (Å²) < 4.78 is 12.7. The van der Waals surface area contributed by atoms with Crippen LogP contribution in [0.15, 0.2) is 41.8 Å². The number of anilines is 1. The van der Waals surface area contributed by atoms with Gasteiger partial charge in [-0.2, -0.15) is 0 Å². The first-order valence-corrected chi connectivity index (χ1v) is 6.39.